The Labute approximate surface area is 115 Å². The number of hydrogen-bond acceptors (Lipinski definition) is 5. The van der Waals surface area contributed by atoms with Crippen LogP contribution in [-0.2, 0) is 6.42 Å². The molecule has 0 aliphatic carbocycles. The molecule has 1 aromatic rings. The summed E-state index contributed by atoms with van der Waals surface area (Å²) in [5.41, 5.74) is 9.06. The van der Waals surface area contributed by atoms with Gasteiger partial charge in [-0.15, -0.1) is 0 Å². The average Bonchev–Trinajstić information content (AvgIpc) is 2.38. The Balaban J connectivity index is 2.15. The predicted octanol–water partition coefficient (Wildman–Crippen LogP) is 0.737. The van der Waals surface area contributed by atoms with Gasteiger partial charge in [0.25, 0.3) is 0 Å². The minimum absolute atomic E-state index is 0.721. The maximum Gasteiger partial charge on any atom is 0.225 e. The van der Waals surface area contributed by atoms with E-state index >= 15 is 0 Å². The second-order valence-electron chi connectivity index (χ2n) is 5.36. The van der Waals surface area contributed by atoms with Crippen LogP contribution in [-0.4, -0.2) is 54.6 Å². The highest BCUT2D eigenvalue weighted by atomic mass is 15.3. The van der Waals surface area contributed by atoms with Crippen molar-refractivity contribution in [2.75, 3.05) is 44.7 Å². The van der Waals surface area contributed by atoms with Crippen LogP contribution in [0, 0.1) is 13.8 Å². The van der Waals surface area contributed by atoms with E-state index in [0.717, 1.165) is 62.9 Å². The molecular weight excluding hydrogens is 238 g/mol. The maximum atomic E-state index is 5.58. The molecule has 2 heterocycles. The van der Waals surface area contributed by atoms with Crippen LogP contribution in [0.5, 0.6) is 0 Å². The van der Waals surface area contributed by atoms with Crippen molar-refractivity contribution in [1.82, 2.24) is 14.9 Å². The minimum atomic E-state index is 0.721. The molecule has 2 rings (SSSR count). The van der Waals surface area contributed by atoms with E-state index in [-0.39, 0.29) is 0 Å². The number of rotatable bonds is 4. The lowest BCUT2D eigenvalue weighted by Crippen LogP contribution is -2.45. The van der Waals surface area contributed by atoms with Gasteiger partial charge in [0, 0.05) is 37.6 Å². The zero-order chi connectivity index (χ0) is 13.8. The summed E-state index contributed by atoms with van der Waals surface area (Å²) in [5, 5.41) is 0. The van der Waals surface area contributed by atoms with Gasteiger partial charge < -0.3 is 15.5 Å². The molecule has 0 unspecified atom stereocenters. The van der Waals surface area contributed by atoms with Crippen LogP contribution >= 0.6 is 0 Å². The Morgan fingerprint density at radius 2 is 1.63 bits per heavy atom. The molecule has 0 radical (unpaired) electrons. The van der Waals surface area contributed by atoms with Crippen molar-refractivity contribution in [2.45, 2.75) is 26.7 Å². The molecule has 5 heteroatoms. The lowest BCUT2D eigenvalue weighted by Gasteiger charge is -2.32. The first-order valence-corrected chi connectivity index (χ1v) is 7.09. The van der Waals surface area contributed by atoms with Gasteiger partial charge in [-0.05, 0) is 45.8 Å². The van der Waals surface area contributed by atoms with E-state index in [1.807, 2.05) is 0 Å². The minimum Gasteiger partial charge on any atom is -0.338 e. The van der Waals surface area contributed by atoms with Crippen molar-refractivity contribution in [2.24, 2.45) is 5.73 Å². The molecule has 1 fully saturated rings. The lowest BCUT2D eigenvalue weighted by atomic mass is 10.1. The summed E-state index contributed by atoms with van der Waals surface area (Å²) in [5.74, 6) is 0.889. The monoisotopic (exact) mass is 263 g/mol. The highest BCUT2D eigenvalue weighted by Gasteiger charge is 2.18. The predicted molar refractivity (Wildman–Crippen MR) is 78.6 cm³/mol. The van der Waals surface area contributed by atoms with Crippen molar-refractivity contribution >= 4 is 5.95 Å². The molecule has 1 aliphatic rings. The standard InChI is InChI=1S/C14H25N5/c1-11-13(5-4-6-15)12(2)17-14(16-11)19-9-7-18(3)8-10-19/h4-10,15H2,1-3H3. The van der Waals surface area contributed by atoms with Crippen LogP contribution in [0.3, 0.4) is 0 Å². The van der Waals surface area contributed by atoms with E-state index in [0.29, 0.717) is 0 Å². The summed E-state index contributed by atoms with van der Waals surface area (Å²) in [7, 11) is 2.16. The number of likely N-dealkylation sites (N-methyl/N-ethyl adjacent to an activating group) is 1. The number of aryl methyl sites for hydroxylation is 2. The number of nitrogens with two attached hydrogens (primary N) is 1. The van der Waals surface area contributed by atoms with Crippen LogP contribution in [0.1, 0.15) is 23.4 Å². The summed E-state index contributed by atoms with van der Waals surface area (Å²) in [6, 6.07) is 0. The molecule has 0 amide bonds. The third-order valence-corrected chi connectivity index (χ3v) is 3.83. The molecule has 19 heavy (non-hydrogen) atoms. The molecule has 1 aliphatic heterocycles. The molecule has 0 spiro atoms. The third kappa shape index (κ3) is 3.42. The normalized spacial score (nSPS) is 16.9. The molecule has 1 aromatic heterocycles. The van der Waals surface area contributed by atoms with Crippen molar-refractivity contribution in [3.05, 3.63) is 17.0 Å². The molecule has 1 saturated heterocycles. The molecule has 0 bridgehead atoms. The van der Waals surface area contributed by atoms with Crippen molar-refractivity contribution < 1.29 is 0 Å². The summed E-state index contributed by atoms with van der Waals surface area (Å²) < 4.78 is 0. The first kappa shape index (κ1) is 14.2. The SMILES string of the molecule is Cc1nc(N2CCN(C)CC2)nc(C)c1CCCN. The van der Waals surface area contributed by atoms with Gasteiger partial charge in [-0.2, -0.15) is 0 Å². The summed E-state index contributed by atoms with van der Waals surface area (Å²) in [4.78, 5) is 14.0. The molecule has 0 atom stereocenters. The van der Waals surface area contributed by atoms with E-state index < -0.39 is 0 Å². The maximum absolute atomic E-state index is 5.58. The Hall–Kier alpha value is -1.20. The third-order valence-electron chi connectivity index (χ3n) is 3.83. The smallest absolute Gasteiger partial charge is 0.225 e. The average molecular weight is 263 g/mol. The van der Waals surface area contributed by atoms with E-state index in [1.54, 1.807) is 0 Å². The van der Waals surface area contributed by atoms with Gasteiger partial charge in [-0.1, -0.05) is 0 Å². The second-order valence-corrected chi connectivity index (χ2v) is 5.36. The Morgan fingerprint density at radius 3 is 2.16 bits per heavy atom. The van der Waals surface area contributed by atoms with E-state index in [9.17, 15) is 0 Å². The Bertz CT molecular complexity index is 401. The number of anilines is 1. The van der Waals surface area contributed by atoms with Crippen LogP contribution < -0.4 is 10.6 Å². The molecule has 5 nitrogen and oxygen atoms in total. The zero-order valence-electron chi connectivity index (χ0n) is 12.3. The highest BCUT2D eigenvalue weighted by molar-refractivity contribution is 5.37. The van der Waals surface area contributed by atoms with Gasteiger partial charge in [0.1, 0.15) is 0 Å². The second kappa shape index (κ2) is 6.30. The fourth-order valence-electron chi connectivity index (χ4n) is 2.51. The Morgan fingerprint density at radius 1 is 1.05 bits per heavy atom. The lowest BCUT2D eigenvalue weighted by molar-refractivity contribution is 0.311. The fourth-order valence-corrected chi connectivity index (χ4v) is 2.51. The van der Waals surface area contributed by atoms with E-state index in [2.05, 4.69) is 30.7 Å². The van der Waals surface area contributed by atoms with Gasteiger partial charge in [0.05, 0.1) is 0 Å². The molecular formula is C14H25N5. The summed E-state index contributed by atoms with van der Waals surface area (Å²) in [6.07, 6.45) is 1.98. The van der Waals surface area contributed by atoms with Gasteiger partial charge >= 0.3 is 0 Å². The van der Waals surface area contributed by atoms with Crippen molar-refractivity contribution in [3.8, 4) is 0 Å². The summed E-state index contributed by atoms with van der Waals surface area (Å²) >= 11 is 0. The van der Waals surface area contributed by atoms with Gasteiger partial charge in [0.2, 0.25) is 5.95 Å². The molecule has 2 N–H and O–H groups in total. The first-order valence-electron chi connectivity index (χ1n) is 7.09. The molecule has 106 valence electrons. The first-order chi connectivity index (χ1) is 9.11. The Kier molecular flexibility index (Phi) is 4.71. The van der Waals surface area contributed by atoms with Gasteiger partial charge in [-0.25, -0.2) is 9.97 Å². The topological polar surface area (TPSA) is 58.3 Å². The fraction of sp³-hybridized carbons (Fsp3) is 0.714. The quantitative estimate of drug-likeness (QED) is 0.868. The number of hydrogen-bond donors (Lipinski definition) is 1. The number of piperazine rings is 1. The molecule has 0 saturated carbocycles. The molecule has 0 aromatic carbocycles. The zero-order valence-corrected chi connectivity index (χ0v) is 12.3. The van der Waals surface area contributed by atoms with Crippen LogP contribution in [0.25, 0.3) is 0 Å². The summed E-state index contributed by atoms with van der Waals surface area (Å²) in [6.45, 7) is 9.07. The highest BCUT2D eigenvalue weighted by Crippen LogP contribution is 2.18. The van der Waals surface area contributed by atoms with Crippen molar-refractivity contribution in [3.63, 3.8) is 0 Å². The van der Waals surface area contributed by atoms with Crippen molar-refractivity contribution in [1.29, 1.82) is 0 Å². The van der Waals surface area contributed by atoms with Gasteiger partial charge in [0.15, 0.2) is 0 Å². The van der Waals surface area contributed by atoms with Crippen LogP contribution in [0.2, 0.25) is 0 Å². The van der Waals surface area contributed by atoms with E-state index in [1.165, 1.54) is 5.56 Å². The number of aromatic nitrogens is 2. The van der Waals surface area contributed by atoms with Crippen LogP contribution in [0.15, 0.2) is 0 Å². The van der Waals surface area contributed by atoms with Crippen LogP contribution in [0.4, 0.5) is 5.95 Å². The number of nitrogens with zero attached hydrogens (tertiary/aromatic N) is 4. The van der Waals surface area contributed by atoms with E-state index in [4.69, 9.17) is 15.7 Å². The largest absolute Gasteiger partial charge is 0.338 e. The van der Waals surface area contributed by atoms with Gasteiger partial charge in [-0.3, -0.25) is 0 Å².